The fourth-order valence-corrected chi connectivity index (χ4v) is 2.22. The molecule has 1 aliphatic rings. The molecule has 15 heavy (non-hydrogen) atoms. The van der Waals surface area contributed by atoms with Crippen LogP contribution in [-0.4, -0.2) is 5.91 Å². The van der Waals surface area contributed by atoms with Crippen molar-refractivity contribution in [2.24, 2.45) is 11.8 Å². The minimum Gasteiger partial charge on any atom is -0.325 e. The molecule has 2 nitrogen and oxygen atoms in total. The van der Waals surface area contributed by atoms with Crippen LogP contribution in [0.2, 0.25) is 5.02 Å². The van der Waals surface area contributed by atoms with Crippen molar-refractivity contribution in [1.82, 2.24) is 0 Å². The molecule has 2 unspecified atom stereocenters. The second-order valence-corrected chi connectivity index (χ2v) is 5.26. The van der Waals surface area contributed by atoms with Gasteiger partial charge in [-0.3, -0.25) is 4.79 Å². The highest BCUT2D eigenvalue weighted by Crippen LogP contribution is 2.39. The summed E-state index contributed by atoms with van der Waals surface area (Å²) in [7, 11) is 0. The van der Waals surface area contributed by atoms with E-state index < -0.39 is 0 Å². The molecule has 1 amide bonds. The maximum Gasteiger partial charge on any atom is 0.227 e. The van der Waals surface area contributed by atoms with Gasteiger partial charge in [-0.1, -0.05) is 34.5 Å². The molecule has 1 aliphatic carbocycles. The first-order chi connectivity index (χ1) is 7.08. The average Bonchev–Trinajstić information content (AvgIpc) is 2.88. The molecule has 2 atom stereocenters. The van der Waals surface area contributed by atoms with Crippen LogP contribution < -0.4 is 5.32 Å². The predicted molar refractivity (Wildman–Crippen MR) is 65.1 cm³/mol. The maximum atomic E-state index is 11.6. The SMILES string of the molecule is CC1CC1C(=O)Nc1ccc(Br)cc1Cl. The van der Waals surface area contributed by atoms with Gasteiger partial charge >= 0.3 is 0 Å². The standard InChI is InChI=1S/C11H11BrClNO/c1-6-4-8(6)11(15)14-10-3-2-7(12)5-9(10)13/h2-3,5-6,8H,4H2,1H3,(H,14,15). The highest BCUT2D eigenvalue weighted by molar-refractivity contribution is 9.10. The second-order valence-electron chi connectivity index (χ2n) is 3.93. The third-order valence-corrected chi connectivity index (χ3v) is 3.44. The Hall–Kier alpha value is -0.540. The quantitative estimate of drug-likeness (QED) is 0.883. The van der Waals surface area contributed by atoms with Gasteiger partial charge in [0.15, 0.2) is 0 Å². The summed E-state index contributed by atoms with van der Waals surface area (Å²) in [6.07, 6.45) is 0.986. The van der Waals surface area contributed by atoms with Gasteiger partial charge in [0.2, 0.25) is 5.91 Å². The topological polar surface area (TPSA) is 29.1 Å². The van der Waals surface area contributed by atoms with E-state index in [1.54, 1.807) is 12.1 Å². The molecule has 1 aromatic rings. The number of halogens is 2. The van der Waals surface area contributed by atoms with Gasteiger partial charge in [0.1, 0.15) is 0 Å². The highest BCUT2D eigenvalue weighted by Gasteiger charge is 2.39. The average molecular weight is 289 g/mol. The van der Waals surface area contributed by atoms with Crippen LogP contribution in [0.3, 0.4) is 0 Å². The van der Waals surface area contributed by atoms with Crippen molar-refractivity contribution >= 4 is 39.1 Å². The Morgan fingerprint density at radius 3 is 2.80 bits per heavy atom. The van der Waals surface area contributed by atoms with Crippen molar-refractivity contribution in [2.75, 3.05) is 5.32 Å². The molecular formula is C11H11BrClNO. The maximum absolute atomic E-state index is 11.6. The first-order valence-corrected chi connectivity index (χ1v) is 6.01. The Bertz CT molecular complexity index is 408. The van der Waals surface area contributed by atoms with Gasteiger partial charge in [0.05, 0.1) is 10.7 Å². The van der Waals surface area contributed by atoms with Crippen molar-refractivity contribution in [3.8, 4) is 0 Å². The van der Waals surface area contributed by atoms with Gasteiger partial charge in [-0.15, -0.1) is 0 Å². The minimum absolute atomic E-state index is 0.0757. The fourth-order valence-electron chi connectivity index (χ4n) is 1.50. The van der Waals surface area contributed by atoms with Crippen LogP contribution in [0.4, 0.5) is 5.69 Å². The summed E-state index contributed by atoms with van der Waals surface area (Å²) in [5.74, 6) is 0.760. The number of benzene rings is 1. The Morgan fingerprint density at radius 2 is 2.27 bits per heavy atom. The van der Waals surface area contributed by atoms with Gasteiger partial charge in [0, 0.05) is 10.4 Å². The molecule has 1 aromatic carbocycles. The molecule has 0 aromatic heterocycles. The largest absolute Gasteiger partial charge is 0.325 e. The van der Waals surface area contributed by atoms with E-state index >= 15 is 0 Å². The van der Waals surface area contributed by atoms with Gasteiger partial charge < -0.3 is 5.32 Å². The molecule has 0 heterocycles. The molecule has 4 heteroatoms. The normalized spacial score (nSPS) is 23.7. The molecule has 0 bridgehead atoms. The van der Waals surface area contributed by atoms with E-state index in [0.717, 1.165) is 10.9 Å². The van der Waals surface area contributed by atoms with Crippen LogP contribution in [-0.2, 0) is 4.79 Å². The van der Waals surface area contributed by atoms with Gasteiger partial charge in [-0.05, 0) is 30.5 Å². The molecule has 1 saturated carbocycles. The van der Waals surface area contributed by atoms with Gasteiger partial charge in [-0.2, -0.15) is 0 Å². The van der Waals surface area contributed by atoms with Gasteiger partial charge in [0.25, 0.3) is 0 Å². The summed E-state index contributed by atoms with van der Waals surface area (Å²) >= 11 is 9.31. The minimum atomic E-state index is 0.0757. The Kier molecular flexibility index (Phi) is 3.03. The number of carbonyl (C=O) groups excluding carboxylic acids is 1. The molecule has 0 radical (unpaired) electrons. The van der Waals surface area contributed by atoms with Crippen LogP contribution in [0.25, 0.3) is 0 Å². The highest BCUT2D eigenvalue weighted by atomic mass is 79.9. The molecule has 2 rings (SSSR count). The summed E-state index contributed by atoms with van der Waals surface area (Å²) in [4.78, 5) is 11.6. The summed E-state index contributed by atoms with van der Waals surface area (Å²) in [5, 5.41) is 3.40. The molecular weight excluding hydrogens is 277 g/mol. The van der Waals surface area contributed by atoms with Gasteiger partial charge in [-0.25, -0.2) is 0 Å². The van der Waals surface area contributed by atoms with E-state index in [1.807, 2.05) is 6.07 Å². The molecule has 1 fully saturated rings. The van der Waals surface area contributed by atoms with Crippen molar-refractivity contribution < 1.29 is 4.79 Å². The number of amides is 1. The summed E-state index contributed by atoms with van der Waals surface area (Å²) < 4.78 is 0.908. The molecule has 0 spiro atoms. The number of rotatable bonds is 2. The third kappa shape index (κ3) is 2.52. The number of anilines is 1. The monoisotopic (exact) mass is 287 g/mol. The zero-order valence-electron chi connectivity index (χ0n) is 8.26. The Morgan fingerprint density at radius 1 is 1.60 bits per heavy atom. The van der Waals surface area contributed by atoms with Crippen LogP contribution in [0.5, 0.6) is 0 Å². The Labute approximate surface area is 102 Å². The smallest absolute Gasteiger partial charge is 0.227 e. The lowest BCUT2D eigenvalue weighted by Crippen LogP contribution is -2.14. The third-order valence-electron chi connectivity index (χ3n) is 2.64. The summed E-state index contributed by atoms with van der Waals surface area (Å²) in [5.41, 5.74) is 0.684. The van der Waals surface area contributed by atoms with Crippen molar-refractivity contribution in [3.05, 3.63) is 27.7 Å². The number of carbonyl (C=O) groups is 1. The molecule has 0 aliphatic heterocycles. The zero-order chi connectivity index (χ0) is 11.0. The number of nitrogens with one attached hydrogen (secondary N) is 1. The lowest BCUT2D eigenvalue weighted by molar-refractivity contribution is -0.117. The first-order valence-electron chi connectivity index (χ1n) is 4.84. The van der Waals surface area contributed by atoms with E-state index in [-0.39, 0.29) is 11.8 Å². The Balaban J connectivity index is 2.07. The van der Waals surface area contributed by atoms with E-state index in [2.05, 4.69) is 28.2 Å². The molecule has 0 saturated heterocycles. The van der Waals surface area contributed by atoms with Crippen LogP contribution >= 0.6 is 27.5 Å². The van der Waals surface area contributed by atoms with Crippen LogP contribution in [0, 0.1) is 11.8 Å². The lowest BCUT2D eigenvalue weighted by Gasteiger charge is -2.06. The van der Waals surface area contributed by atoms with Crippen LogP contribution in [0.15, 0.2) is 22.7 Å². The number of hydrogen-bond donors (Lipinski definition) is 1. The van der Waals surface area contributed by atoms with E-state index in [0.29, 0.717) is 16.6 Å². The van der Waals surface area contributed by atoms with Crippen molar-refractivity contribution in [2.45, 2.75) is 13.3 Å². The number of hydrogen-bond acceptors (Lipinski definition) is 1. The molecule has 1 N–H and O–H groups in total. The predicted octanol–water partition coefficient (Wildman–Crippen LogP) is 3.70. The zero-order valence-corrected chi connectivity index (χ0v) is 10.6. The van der Waals surface area contributed by atoms with E-state index in [1.165, 1.54) is 0 Å². The first kappa shape index (κ1) is 11.0. The second kappa shape index (κ2) is 4.14. The van der Waals surface area contributed by atoms with Crippen molar-refractivity contribution in [1.29, 1.82) is 0 Å². The van der Waals surface area contributed by atoms with E-state index in [4.69, 9.17) is 11.6 Å². The fraction of sp³-hybridized carbons (Fsp3) is 0.364. The van der Waals surface area contributed by atoms with E-state index in [9.17, 15) is 4.79 Å². The molecule has 80 valence electrons. The lowest BCUT2D eigenvalue weighted by atomic mass is 10.3. The summed E-state index contributed by atoms with van der Waals surface area (Å²) in [6.45, 7) is 2.08. The van der Waals surface area contributed by atoms with Crippen LogP contribution in [0.1, 0.15) is 13.3 Å². The van der Waals surface area contributed by atoms with Crippen molar-refractivity contribution in [3.63, 3.8) is 0 Å². The summed E-state index contributed by atoms with van der Waals surface area (Å²) in [6, 6.07) is 5.43.